The number of halogens is 5. The Morgan fingerprint density at radius 3 is 2.47 bits per heavy atom. The van der Waals surface area contributed by atoms with Crippen LogP contribution in [0.3, 0.4) is 0 Å². The lowest BCUT2D eigenvalue weighted by molar-refractivity contribution is -0.139. The molecule has 0 aliphatic carbocycles. The fourth-order valence-corrected chi connectivity index (χ4v) is 3.58. The maximum Gasteiger partial charge on any atom is 0.419 e. The van der Waals surface area contributed by atoms with E-state index in [-0.39, 0.29) is 12.1 Å². The summed E-state index contributed by atoms with van der Waals surface area (Å²) in [5.74, 6) is -7.05. The first-order chi connectivity index (χ1) is 14.1. The van der Waals surface area contributed by atoms with Gasteiger partial charge in [-0.3, -0.25) is 9.59 Å². The number of ether oxygens (including phenoxy) is 1. The number of rotatable bonds is 4. The highest BCUT2D eigenvalue weighted by atomic mass is 19.4. The highest BCUT2D eigenvalue weighted by Crippen LogP contribution is 2.44. The zero-order valence-electron chi connectivity index (χ0n) is 15.9. The van der Waals surface area contributed by atoms with Gasteiger partial charge < -0.3 is 15.0 Å². The molecule has 0 bridgehead atoms. The molecule has 30 heavy (non-hydrogen) atoms. The lowest BCUT2D eigenvalue weighted by Crippen LogP contribution is -2.33. The summed E-state index contributed by atoms with van der Waals surface area (Å²) in [6.07, 6.45) is -4.71. The van der Waals surface area contributed by atoms with Crippen LogP contribution in [-0.2, 0) is 15.8 Å². The third-order valence-corrected chi connectivity index (χ3v) is 4.96. The lowest BCUT2D eigenvalue weighted by atomic mass is 9.86. The largest absolute Gasteiger partial charge is 0.496 e. The number of likely N-dealkylation sites (tertiary alicyclic amines) is 1. The van der Waals surface area contributed by atoms with Crippen molar-refractivity contribution in [1.82, 2.24) is 4.90 Å². The van der Waals surface area contributed by atoms with Crippen LogP contribution in [0.25, 0.3) is 0 Å². The van der Waals surface area contributed by atoms with Crippen molar-refractivity contribution in [2.24, 2.45) is 5.92 Å². The molecule has 1 fully saturated rings. The quantitative estimate of drug-likeness (QED) is 0.596. The molecule has 160 valence electrons. The summed E-state index contributed by atoms with van der Waals surface area (Å²) >= 11 is 0. The molecule has 2 aromatic rings. The molecule has 5 nitrogen and oxygen atoms in total. The maximum absolute atomic E-state index is 13.9. The van der Waals surface area contributed by atoms with Crippen molar-refractivity contribution in [3.05, 3.63) is 59.2 Å². The molecule has 2 amide bonds. The third kappa shape index (κ3) is 3.81. The van der Waals surface area contributed by atoms with Gasteiger partial charge >= 0.3 is 6.18 Å². The second-order valence-corrected chi connectivity index (χ2v) is 6.82. The Morgan fingerprint density at radius 1 is 1.17 bits per heavy atom. The molecule has 10 heteroatoms. The van der Waals surface area contributed by atoms with Gasteiger partial charge in [0.15, 0.2) is 11.6 Å². The SMILES string of the molecule is COc1c([C@H]2CN(C)C(=O)[C@@H]2C(=O)Nc2cccc(F)c2F)cccc1C(F)(F)F. The number of carbonyl (C=O) groups excluding carboxylic acids is 2. The number of anilines is 1. The minimum atomic E-state index is -4.71. The number of methoxy groups -OCH3 is 1. The second-order valence-electron chi connectivity index (χ2n) is 6.82. The van der Waals surface area contributed by atoms with Crippen LogP contribution >= 0.6 is 0 Å². The zero-order valence-corrected chi connectivity index (χ0v) is 15.9. The summed E-state index contributed by atoms with van der Waals surface area (Å²) in [5, 5.41) is 2.16. The van der Waals surface area contributed by atoms with Crippen molar-refractivity contribution in [2.45, 2.75) is 12.1 Å². The van der Waals surface area contributed by atoms with Gasteiger partial charge in [0.05, 0.1) is 18.4 Å². The number of hydrogen-bond donors (Lipinski definition) is 1. The van der Waals surface area contributed by atoms with E-state index in [1.165, 1.54) is 24.1 Å². The number of likely N-dealkylation sites (N-methyl/N-ethyl adjacent to an activating group) is 1. The molecule has 1 heterocycles. The Bertz CT molecular complexity index is 993. The molecule has 0 spiro atoms. The molecule has 1 saturated heterocycles. The van der Waals surface area contributed by atoms with E-state index in [1.807, 2.05) is 0 Å². The molecule has 1 aliphatic rings. The van der Waals surface area contributed by atoms with E-state index in [1.54, 1.807) is 0 Å². The van der Waals surface area contributed by atoms with Gasteiger partial charge in [0.25, 0.3) is 0 Å². The van der Waals surface area contributed by atoms with E-state index in [9.17, 15) is 31.5 Å². The monoisotopic (exact) mass is 428 g/mol. The second kappa shape index (κ2) is 7.92. The van der Waals surface area contributed by atoms with Gasteiger partial charge in [-0.25, -0.2) is 8.78 Å². The van der Waals surface area contributed by atoms with Gasteiger partial charge in [0, 0.05) is 25.1 Å². The van der Waals surface area contributed by atoms with Gasteiger partial charge in [-0.05, 0) is 18.2 Å². The number of para-hydroxylation sites is 1. The zero-order chi connectivity index (χ0) is 22.2. The molecule has 0 unspecified atom stereocenters. The van der Waals surface area contributed by atoms with Crippen molar-refractivity contribution in [3.63, 3.8) is 0 Å². The van der Waals surface area contributed by atoms with Crippen LogP contribution in [0, 0.1) is 17.6 Å². The predicted octanol–water partition coefficient (Wildman–Crippen LogP) is 3.80. The van der Waals surface area contributed by atoms with Crippen molar-refractivity contribution < 1.29 is 36.3 Å². The summed E-state index contributed by atoms with van der Waals surface area (Å²) in [4.78, 5) is 26.6. The minimum Gasteiger partial charge on any atom is -0.496 e. The van der Waals surface area contributed by atoms with E-state index >= 15 is 0 Å². The van der Waals surface area contributed by atoms with Crippen LogP contribution in [-0.4, -0.2) is 37.4 Å². The van der Waals surface area contributed by atoms with E-state index < -0.39 is 58.5 Å². The van der Waals surface area contributed by atoms with Crippen LogP contribution in [0.1, 0.15) is 17.0 Å². The van der Waals surface area contributed by atoms with Crippen LogP contribution < -0.4 is 10.1 Å². The Balaban J connectivity index is 2.02. The van der Waals surface area contributed by atoms with Crippen molar-refractivity contribution in [3.8, 4) is 5.75 Å². The van der Waals surface area contributed by atoms with Crippen LogP contribution in [0.2, 0.25) is 0 Å². The average molecular weight is 428 g/mol. The van der Waals surface area contributed by atoms with Gasteiger partial charge in [-0.1, -0.05) is 18.2 Å². The summed E-state index contributed by atoms with van der Waals surface area (Å²) in [6, 6.07) is 6.47. The first-order valence-corrected chi connectivity index (χ1v) is 8.80. The molecule has 1 N–H and O–H groups in total. The summed E-state index contributed by atoms with van der Waals surface area (Å²) < 4.78 is 72.4. The summed E-state index contributed by atoms with van der Waals surface area (Å²) in [7, 11) is 2.46. The molecule has 0 aromatic heterocycles. The Hall–Kier alpha value is -3.17. The predicted molar refractivity (Wildman–Crippen MR) is 96.9 cm³/mol. The molecule has 2 atom stereocenters. The van der Waals surface area contributed by atoms with E-state index in [2.05, 4.69) is 5.32 Å². The van der Waals surface area contributed by atoms with E-state index in [0.717, 1.165) is 31.4 Å². The van der Waals surface area contributed by atoms with E-state index in [0.29, 0.717) is 0 Å². The normalized spacial score (nSPS) is 19.2. The fraction of sp³-hybridized carbons (Fsp3) is 0.300. The fourth-order valence-electron chi connectivity index (χ4n) is 3.58. The molecule has 0 radical (unpaired) electrons. The van der Waals surface area contributed by atoms with Crippen LogP contribution in [0.15, 0.2) is 36.4 Å². The Kier molecular flexibility index (Phi) is 5.69. The summed E-state index contributed by atoms with van der Waals surface area (Å²) in [6.45, 7) is -0.0553. The number of nitrogens with zero attached hydrogens (tertiary/aromatic N) is 1. The smallest absolute Gasteiger partial charge is 0.419 e. The number of amides is 2. The summed E-state index contributed by atoms with van der Waals surface area (Å²) in [5.41, 5.74) is -1.50. The first-order valence-electron chi connectivity index (χ1n) is 8.80. The molecule has 2 aromatic carbocycles. The average Bonchev–Trinajstić information content (AvgIpc) is 2.98. The lowest BCUT2D eigenvalue weighted by Gasteiger charge is -2.22. The van der Waals surface area contributed by atoms with Gasteiger partial charge in [0.2, 0.25) is 11.8 Å². The highest BCUT2D eigenvalue weighted by Gasteiger charge is 2.47. The van der Waals surface area contributed by atoms with Gasteiger partial charge in [-0.2, -0.15) is 13.2 Å². The molecule has 3 rings (SSSR count). The Labute approximate surface area is 168 Å². The standard InChI is InChI=1S/C20H17F5N2O3/c1-27-9-11(10-5-3-6-12(17(10)30-2)20(23,24)25)15(19(27)29)18(28)26-14-8-4-7-13(21)16(14)22/h3-8,11,15H,9H2,1-2H3,(H,26,28)/t11-,15+/m1/s1. The highest BCUT2D eigenvalue weighted by molar-refractivity contribution is 6.08. The number of alkyl halides is 3. The number of hydrogen-bond acceptors (Lipinski definition) is 3. The van der Waals surface area contributed by atoms with Gasteiger partial charge in [-0.15, -0.1) is 0 Å². The van der Waals surface area contributed by atoms with Crippen molar-refractivity contribution in [2.75, 3.05) is 26.0 Å². The Morgan fingerprint density at radius 2 is 1.83 bits per heavy atom. The van der Waals surface area contributed by atoms with Gasteiger partial charge in [0.1, 0.15) is 11.7 Å². The first kappa shape index (κ1) is 21.5. The van der Waals surface area contributed by atoms with Crippen molar-refractivity contribution >= 4 is 17.5 Å². The van der Waals surface area contributed by atoms with Crippen molar-refractivity contribution in [1.29, 1.82) is 0 Å². The topological polar surface area (TPSA) is 58.6 Å². The number of benzene rings is 2. The van der Waals surface area contributed by atoms with Crippen LogP contribution in [0.5, 0.6) is 5.75 Å². The van der Waals surface area contributed by atoms with Crippen LogP contribution in [0.4, 0.5) is 27.6 Å². The molecular weight excluding hydrogens is 411 g/mol. The maximum atomic E-state index is 13.9. The number of nitrogens with one attached hydrogen (secondary N) is 1. The molecule has 0 saturated carbocycles. The molecular formula is C20H17F5N2O3. The molecule has 1 aliphatic heterocycles. The van der Waals surface area contributed by atoms with E-state index in [4.69, 9.17) is 4.74 Å². The third-order valence-electron chi connectivity index (χ3n) is 4.96. The number of carbonyl (C=O) groups is 2. The minimum absolute atomic E-state index is 0.0184.